The van der Waals surface area contributed by atoms with Crippen molar-refractivity contribution in [3.05, 3.63) is 28.8 Å². The fourth-order valence-electron chi connectivity index (χ4n) is 0.823. The van der Waals surface area contributed by atoms with E-state index in [1.807, 2.05) is 0 Å². The summed E-state index contributed by atoms with van der Waals surface area (Å²) in [5.74, 6) is -0.383. The second-order valence-electron chi connectivity index (χ2n) is 2.40. The van der Waals surface area contributed by atoms with Crippen molar-refractivity contribution < 1.29 is 4.79 Å². The summed E-state index contributed by atoms with van der Waals surface area (Å²) in [7, 11) is 0. The molecule has 0 atom stereocenters. The molecule has 2 nitrogen and oxygen atoms in total. The highest BCUT2D eigenvalue weighted by atomic mass is 35.5. The van der Waals surface area contributed by atoms with Gasteiger partial charge < -0.3 is 5.73 Å². The van der Waals surface area contributed by atoms with E-state index in [0.717, 1.165) is 0 Å². The second kappa shape index (κ2) is 4.18. The molecular formula is C8H6Cl3NO. The molecule has 70 valence electrons. The molecule has 0 saturated heterocycles. The Morgan fingerprint density at radius 3 is 2.46 bits per heavy atom. The number of nitrogens with two attached hydrogens (primary N) is 1. The maximum absolute atomic E-state index is 11.2. The molecule has 0 heterocycles. The van der Waals surface area contributed by atoms with Crippen LogP contribution >= 0.6 is 34.8 Å². The average Bonchev–Trinajstić information content (AvgIpc) is 2.08. The summed E-state index contributed by atoms with van der Waals surface area (Å²) in [6.45, 7) is 0. The maximum Gasteiger partial charge on any atom is 0.195 e. The zero-order valence-electron chi connectivity index (χ0n) is 6.43. The molecule has 0 fully saturated rings. The fraction of sp³-hybridized carbons (Fsp3) is 0.125. The van der Waals surface area contributed by atoms with Crippen molar-refractivity contribution in [3.63, 3.8) is 0 Å². The van der Waals surface area contributed by atoms with Gasteiger partial charge in [0.05, 0.1) is 10.7 Å². The Morgan fingerprint density at radius 1 is 1.38 bits per heavy atom. The van der Waals surface area contributed by atoms with E-state index in [1.165, 1.54) is 18.2 Å². The molecule has 0 saturated carbocycles. The second-order valence-corrected chi connectivity index (χ2v) is 3.90. The van der Waals surface area contributed by atoms with Crippen LogP contribution in [0.1, 0.15) is 10.4 Å². The molecule has 1 rings (SSSR count). The molecule has 2 N–H and O–H groups in total. The number of benzene rings is 1. The number of alkyl halides is 2. The maximum atomic E-state index is 11.2. The SMILES string of the molecule is Nc1cc(C(=O)C(Cl)Cl)ccc1Cl. The summed E-state index contributed by atoms with van der Waals surface area (Å²) in [6, 6.07) is 4.50. The van der Waals surface area contributed by atoms with Crippen LogP contribution in [0, 0.1) is 0 Å². The molecule has 0 spiro atoms. The van der Waals surface area contributed by atoms with Crippen LogP contribution in [0.4, 0.5) is 5.69 Å². The molecule has 0 amide bonds. The Balaban J connectivity index is 3.04. The normalized spacial score (nSPS) is 10.5. The molecule has 5 heteroatoms. The van der Waals surface area contributed by atoms with Gasteiger partial charge in [0.1, 0.15) is 0 Å². The Hall–Kier alpha value is -0.440. The van der Waals surface area contributed by atoms with E-state index in [2.05, 4.69) is 0 Å². The van der Waals surface area contributed by atoms with E-state index in [0.29, 0.717) is 16.3 Å². The molecule has 1 aromatic carbocycles. The van der Waals surface area contributed by atoms with Crippen LogP contribution in [0.25, 0.3) is 0 Å². The number of anilines is 1. The van der Waals surface area contributed by atoms with Crippen LogP contribution in [0.2, 0.25) is 5.02 Å². The highest BCUT2D eigenvalue weighted by Gasteiger charge is 2.14. The fourth-order valence-corrected chi connectivity index (χ4v) is 1.19. The third kappa shape index (κ3) is 2.50. The van der Waals surface area contributed by atoms with Gasteiger partial charge in [0.2, 0.25) is 0 Å². The third-order valence-electron chi connectivity index (χ3n) is 1.48. The van der Waals surface area contributed by atoms with Crippen molar-refractivity contribution in [2.24, 2.45) is 0 Å². The van der Waals surface area contributed by atoms with Crippen LogP contribution < -0.4 is 5.73 Å². The molecule has 0 aliphatic heterocycles. The topological polar surface area (TPSA) is 43.1 Å². The number of rotatable bonds is 2. The average molecular weight is 239 g/mol. The molecule has 13 heavy (non-hydrogen) atoms. The Kier molecular flexibility index (Phi) is 3.42. The van der Waals surface area contributed by atoms with Crippen LogP contribution in [0.5, 0.6) is 0 Å². The molecule has 0 unspecified atom stereocenters. The third-order valence-corrected chi connectivity index (χ3v) is 2.22. The van der Waals surface area contributed by atoms with Gasteiger partial charge in [-0.3, -0.25) is 4.79 Å². The summed E-state index contributed by atoms with van der Waals surface area (Å²) in [5, 5.41) is 0.400. The first-order valence-corrected chi connectivity index (χ1v) is 4.65. The summed E-state index contributed by atoms with van der Waals surface area (Å²) < 4.78 is 0. The zero-order chi connectivity index (χ0) is 10.0. The van der Waals surface area contributed by atoms with Gasteiger partial charge in [0.25, 0.3) is 0 Å². The van der Waals surface area contributed by atoms with Crippen molar-refractivity contribution in [1.82, 2.24) is 0 Å². The van der Waals surface area contributed by atoms with Crippen molar-refractivity contribution in [1.29, 1.82) is 0 Å². The Bertz CT molecular complexity index is 338. The number of halogens is 3. The highest BCUT2D eigenvalue weighted by Crippen LogP contribution is 2.21. The van der Waals surface area contributed by atoms with E-state index in [4.69, 9.17) is 40.5 Å². The number of ketones is 1. The highest BCUT2D eigenvalue weighted by molar-refractivity contribution is 6.55. The minimum atomic E-state index is -1.07. The largest absolute Gasteiger partial charge is 0.398 e. The number of hydrogen-bond acceptors (Lipinski definition) is 2. The van der Waals surface area contributed by atoms with Crippen molar-refractivity contribution in [3.8, 4) is 0 Å². The summed E-state index contributed by atoms with van der Waals surface area (Å²) in [4.78, 5) is 10.2. The summed E-state index contributed by atoms with van der Waals surface area (Å²) in [5.41, 5.74) is 6.18. The smallest absolute Gasteiger partial charge is 0.195 e. The predicted molar refractivity (Wildman–Crippen MR) is 55.7 cm³/mol. The molecule has 0 aromatic heterocycles. The molecule has 0 bridgehead atoms. The summed E-state index contributed by atoms with van der Waals surface area (Å²) >= 11 is 16.5. The van der Waals surface area contributed by atoms with Gasteiger partial charge in [0.15, 0.2) is 10.6 Å². The van der Waals surface area contributed by atoms with Gasteiger partial charge in [-0.05, 0) is 18.2 Å². The van der Waals surface area contributed by atoms with Crippen LogP contribution in [-0.2, 0) is 0 Å². The molecule has 0 aliphatic rings. The lowest BCUT2D eigenvalue weighted by atomic mass is 10.1. The Labute approximate surface area is 90.6 Å². The minimum absolute atomic E-state index is 0.335. The lowest BCUT2D eigenvalue weighted by Gasteiger charge is -2.03. The lowest BCUT2D eigenvalue weighted by Crippen LogP contribution is -2.08. The van der Waals surface area contributed by atoms with E-state index in [9.17, 15) is 4.79 Å². The number of carbonyl (C=O) groups is 1. The molecule has 1 aromatic rings. The summed E-state index contributed by atoms with van der Waals surface area (Å²) in [6.07, 6.45) is 0. The van der Waals surface area contributed by atoms with Gasteiger partial charge in [-0.1, -0.05) is 34.8 Å². The monoisotopic (exact) mass is 237 g/mol. The van der Waals surface area contributed by atoms with Gasteiger partial charge in [-0.2, -0.15) is 0 Å². The van der Waals surface area contributed by atoms with Crippen molar-refractivity contribution in [2.75, 3.05) is 5.73 Å². The quantitative estimate of drug-likeness (QED) is 0.489. The van der Waals surface area contributed by atoms with Crippen LogP contribution in [0.15, 0.2) is 18.2 Å². The predicted octanol–water partition coefficient (Wildman–Crippen LogP) is 2.91. The number of carbonyl (C=O) groups excluding carboxylic acids is 1. The number of nitrogen functional groups attached to an aromatic ring is 1. The zero-order valence-corrected chi connectivity index (χ0v) is 8.70. The first kappa shape index (κ1) is 10.6. The van der Waals surface area contributed by atoms with Gasteiger partial charge >= 0.3 is 0 Å². The van der Waals surface area contributed by atoms with Gasteiger partial charge in [0, 0.05) is 5.56 Å². The van der Waals surface area contributed by atoms with E-state index >= 15 is 0 Å². The van der Waals surface area contributed by atoms with Crippen LogP contribution in [0.3, 0.4) is 0 Å². The van der Waals surface area contributed by atoms with Gasteiger partial charge in [-0.15, -0.1) is 0 Å². The van der Waals surface area contributed by atoms with E-state index in [-0.39, 0.29) is 5.78 Å². The number of hydrogen-bond donors (Lipinski definition) is 1. The Morgan fingerprint density at radius 2 is 2.00 bits per heavy atom. The molecule has 0 aliphatic carbocycles. The molecular weight excluding hydrogens is 232 g/mol. The first-order valence-electron chi connectivity index (χ1n) is 3.39. The minimum Gasteiger partial charge on any atom is -0.398 e. The lowest BCUT2D eigenvalue weighted by molar-refractivity contribution is 0.101. The molecule has 0 radical (unpaired) electrons. The van der Waals surface area contributed by atoms with Crippen LogP contribution in [-0.4, -0.2) is 10.6 Å². The van der Waals surface area contributed by atoms with E-state index in [1.54, 1.807) is 0 Å². The van der Waals surface area contributed by atoms with Crippen molar-refractivity contribution >= 4 is 46.3 Å². The van der Waals surface area contributed by atoms with E-state index < -0.39 is 4.84 Å². The van der Waals surface area contributed by atoms with Crippen molar-refractivity contribution in [2.45, 2.75) is 4.84 Å². The van der Waals surface area contributed by atoms with Gasteiger partial charge in [-0.25, -0.2) is 0 Å². The standard InChI is InChI=1S/C8H6Cl3NO/c9-5-2-1-4(3-6(5)12)7(13)8(10)11/h1-3,8H,12H2. The first-order chi connectivity index (χ1) is 6.02. The number of Topliss-reactive ketones (excluding diaryl/α,β-unsaturated/α-hetero) is 1.